The van der Waals surface area contributed by atoms with E-state index in [1.807, 2.05) is 38.2 Å². The summed E-state index contributed by atoms with van der Waals surface area (Å²) >= 11 is 0. The summed E-state index contributed by atoms with van der Waals surface area (Å²) in [4.78, 5) is 67.9. The first-order valence-corrected chi connectivity index (χ1v) is 13.7. The van der Waals surface area contributed by atoms with Crippen LogP contribution in [0, 0.1) is 76.4 Å². The van der Waals surface area contributed by atoms with Gasteiger partial charge in [0, 0.05) is 0 Å². The first kappa shape index (κ1) is 25.9. The lowest BCUT2D eigenvalue weighted by Gasteiger charge is -2.26. The van der Waals surface area contributed by atoms with E-state index in [1.54, 1.807) is 0 Å². The average molecular weight is 537 g/mol. The molecule has 0 radical (unpaired) electrons. The van der Waals surface area contributed by atoms with E-state index >= 15 is 0 Å². The van der Waals surface area contributed by atoms with Gasteiger partial charge in [-0.25, -0.2) is 0 Å². The van der Waals surface area contributed by atoms with Crippen molar-refractivity contribution < 1.29 is 43.0 Å². The second-order valence-electron chi connectivity index (χ2n) is 12.7. The molecule has 5 aliphatic carbocycles. The molecule has 206 valence electrons. The highest BCUT2D eigenvalue weighted by molar-refractivity contribution is 5.99. The molecule has 12 atom stereocenters. The summed E-state index contributed by atoms with van der Waals surface area (Å²) in [6.07, 6.45) is 13.2. The summed E-state index contributed by atoms with van der Waals surface area (Å²) in [5, 5.41) is 0. The number of fused-ring (bicyclic) bond motifs is 11. The van der Waals surface area contributed by atoms with Gasteiger partial charge < -0.3 is 14.2 Å². The lowest BCUT2D eigenvalue weighted by Crippen LogP contribution is -2.31. The smallest absolute Gasteiger partial charge is 0.318 e. The van der Waals surface area contributed by atoms with Gasteiger partial charge in [-0.1, -0.05) is 64.2 Å². The Morgan fingerprint density at radius 1 is 0.513 bits per heavy atom. The number of rotatable bonds is 0. The number of allylic oxidation sites excluding steroid dienone is 6. The molecule has 12 unspecified atom stereocenters. The second-order valence-corrected chi connectivity index (χ2v) is 12.7. The summed E-state index contributed by atoms with van der Waals surface area (Å²) in [6, 6.07) is 0. The highest BCUT2D eigenvalue weighted by Crippen LogP contribution is 2.61. The van der Waals surface area contributed by atoms with E-state index in [4.69, 9.17) is 0 Å². The predicted molar refractivity (Wildman–Crippen MR) is 132 cm³/mol. The van der Waals surface area contributed by atoms with Gasteiger partial charge in [-0.3, -0.25) is 28.8 Å². The van der Waals surface area contributed by atoms with Crippen LogP contribution in [-0.4, -0.2) is 35.8 Å². The number of carbonyl (C=O) groups excluding carboxylic acids is 6. The molecule has 8 aliphatic rings. The van der Waals surface area contributed by atoms with Crippen molar-refractivity contribution >= 4 is 35.8 Å². The number of esters is 6. The molecule has 0 N–H and O–H groups in total. The number of cyclic esters (lactones) is 6. The van der Waals surface area contributed by atoms with Crippen molar-refractivity contribution in [2.75, 3.05) is 0 Å². The molecule has 0 aromatic heterocycles. The normalized spacial score (nSPS) is 46.2. The Morgan fingerprint density at radius 2 is 0.846 bits per heavy atom. The maximum absolute atomic E-state index is 11.5. The molecule has 8 rings (SSSR count). The minimum absolute atomic E-state index is 0.0461. The van der Waals surface area contributed by atoms with E-state index in [0.29, 0.717) is 0 Å². The molecule has 9 nitrogen and oxygen atoms in total. The van der Waals surface area contributed by atoms with Gasteiger partial charge >= 0.3 is 35.8 Å². The third kappa shape index (κ3) is 3.72. The Kier molecular flexibility index (Phi) is 5.86. The molecule has 2 saturated carbocycles. The van der Waals surface area contributed by atoms with Crippen molar-refractivity contribution in [3.63, 3.8) is 0 Å². The van der Waals surface area contributed by atoms with Crippen LogP contribution in [0.4, 0.5) is 0 Å². The Labute approximate surface area is 226 Å². The predicted octanol–water partition coefficient (Wildman–Crippen LogP) is 2.80. The van der Waals surface area contributed by atoms with Gasteiger partial charge in [-0.2, -0.15) is 0 Å². The highest BCUT2D eigenvalue weighted by Gasteiger charge is 2.65. The molecule has 3 saturated heterocycles. The number of hydrogen-bond donors (Lipinski definition) is 0. The van der Waals surface area contributed by atoms with Crippen molar-refractivity contribution in [3.05, 3.63) is 36.5 Å². The molecule has 39 heavy (non-hydrogen) atoms. The van der Waals surface area contributed by atoms with Crippen LogP contribution < -0.4 is 0 Å². The van der Waals surface area contributed by atoms with Crippen molar-refractivity contribution in [1.82, 2.24) is 0 Å². The Morgan fingerprint density at radius 3 is 1.23 bits per heavy atom. The lowest BCUT2D eigenvalue weighted by molar-refractivity contribution is -0.157. The quantitative estimate of drug-likeness (QED) is 0.199. The van der Waals surface area contributed by atoms with Crippen LogP contribution in [0.5, 0.6) is 0 Å². The Balaban J connectivity index is 0.000000107. The van der Waals surface area contributed by atoms with E-state index in [-0.39, 0.29) is 112 Å². The van der Waals surface area contributed by atoms with Gasteiger partial charge in [0.1, 0.15) is 0 Å². The van der Waals surface area contributed by atoms with Crippen LogP contribution in [0.2, 0.25) is 0 Å². The lowest BCUT2D eigenvalue weighted by atomic mass is 9.73. The summed E-state index contributed by atoms with van der Waals surface area (Å²) < 4.78 is 13.9. The first-order chi connectivity index (χ1) is 18.4. The van der Waals surface area contributed by atoms with E-state index in [9.17, 15) is 28.8 Å². The SMILES string of the molecule is CC1(C)C2C=CC1C1C(=O)OC(=O)C12.CC1C=CC(C)C2C(=O)OC(=O)C12.O=C1OC(=O)C2C3C=CC(C3)C12. The molecule has 0 aromatic rings. The zero-order chi connectivity index (χ0) is 28.0. The molecular weight excluding hydrogens is 504 g/mol. The van der Waals surface area contributed by atoms with Crippen LogP contribution >= 0.6 is 0 Å². The van der Waals surface area contributed by atoms with Crippen molar-refractivity contribution in [2.45, 2.75) is 34.1 Å². The molecule has 0 spiro atoms. The largest absolute Gasteiger partial charge is 0.393 e. The summed E-state index contributed by atoms with van der Waals surface area (Å²) in [7, 11) is 0. The van der Waals surface area contributed by atoms with Gasteiger partial charge in [0.05, 0.1) is 35.5 Å². The molecule has 9 heteroatoms. The fourth-order valence-electron chi connectivity index (χ4n) is 8.29. The van der Waals surface area contributed by atoms with Gasteiger partial charge in [0.2, 0.25) is 0 Å². The van der Waals surface area contributed by atoms with E-state index < -0.39 is 0 Å². The third-order valence-corrected chi connectivity index (χ3v) is 10.3. The standard InChI is InChI=1S/C11H12O3.C10H12O3.C9H8O3/c1-11(2)5-3-4-6(11)8-7(5)9(12)14-10(8)13;1-5-3-4-6(2)8-7(5)9(11)13-10(8)12;10-8-6-4-1-2-5(3-4)7(6)9(11)12-8/h3-8H,1-2H3;3-8H,1-2H3;1-2,4-7H,3H2. The van der Waals surface area contributed by atoms with Crippen LogP contribution in [0.25, 0.3) is 0 Å². The zero-order valence-corrected chi connectivity index (χ0v) is 22.3. The number of carbonyl (C=O) groups is 6. The summed E-state index contributed by atoms with van der Waals surface area (Å²) in [5.74, 6) is -1.93. The number of ether oxygens (including phenoxy) is 3. The Hall–Kier alpha value is -3.36. The van der Waals surface area contributed by atoms with E-state index in [0.717, 1.165) is 6.42 Å². The van der Waals surface area contributed by atoms with Crippen LogP contribution in [0.1, 0.15) is 34.1 Å². The van der Waals surface area contributed by atoms with Gasteiger partial charge in [0.25, 0.3) is 0 Å². The third-order valence-electron chi connectivity index (χ3n) is 10.3. The molecule has 5 fully saturated rings. The zero-order valence-electron chi connectivity index (χ0n) is 22.3. The second kappa shape index (κ2) is 8.83. The minimum atomic E-state index is -0.348. The molecule has 3 aliphatic heterocycles. The van der Waals surface area contributed by atoms with Crippen LogP contribution in [0.15, 0.2) is 36.5 Å². The first-order valence-electron chi connectivity index (χ1n) is 13.7. The molecule has 0 aromatic carbocycles. The van der Waals surface area contributed by atoms with E-state index in [1.165, 1.54) is 0 Å². The fraction of sp³-hybridized carbons (Fsp3) is 0.600. The van der Waals surface area contributed by atoms with Crippen molar-refractivity contribution in [3.8, 4) is 0 Å². The van der Waals surface area contributed by atoms with Crippen LogP contribution in [0.3, 0.4) is 0 Å². The highest BCUT2D eigenvalue weighted by atomic mass is 16.6. The molecule has 0 amide bonds. The molecular formula is C30H32O9. The van der Waals surface area contributed by atoms with Gasteiger partial charge in [-0.15, -0.1) is 0 Å². The van der Waals surface area contributed by atoms with E-state index in [2.05, 4.69) is 40.2 Å². The Bertz CT molecular complexity index is 1180. The summed E-state index contributed by atoms with van der Waals surface area (Å²) in [5.41, 5.74) is 0.0461. The van der Waals surface area contributed by atoms with Crippen molar-refractivity contribution in [1.29, 1.82) is 0 Å². The van der Waals surface area contributed by atoms with Crippen molar-refractivity contribution in [2.24, 2.45) is 76.4 Å². The maximum Gasteiger partial charge on any atom is 0.318 e. The van der Waals surface area contributed by atoms with Crippen LogP contribution in [-0.2, 0) is 43.0 Å². The van der Waals surface area contributed by atoms with Gasteiger partial charge in [0.15, 0.2) is 0 Å². The topological polar surface area (TPSA) is 130 Å². The number of hydrogen-bond acceptors (Lipinski definition) is 9. The average Bonchev–Trinajstić information content (AvgIpc) is 3.72. The summed E-state index contributed by atoms with van der Waals surface area (Å²) in [6.45, 7) is 8.14. The molecule has 3 heterocycles. The van der Waals surface area contributed by atoms with Gasteiger partial charge in [-0.05, 0) is 47.3 Å². The maximum atomic E-state index is 11.5. The molecule has 4 bridgehead atoms. The monoisotopic (exact) mass is 536 g/mol. The minimum Gasteiger partial charge on any atom is -0.393 e. The fourth-order valence-corrected chi connectivity index (χ4v) is 8.29.